The Balaban J connectivity index is 2.15. The highest BCUT2D eigenvalue weighted by molar-refractivity contribution is 7.98. The highest BCUT2D eigenvalue weighted by Gasteiger charge is 2.13. The second kappa shape index (κ2) is 9.14. The van der Waals surface area contributed by atoms with Gasteiger partial charge in [0.25, 0.3) is 5.56 Å². The van der Waals surface area contributed by atoms with Crippen LogP contribution >= 0.6 is 11.8 Å². The second-order valence-corrected chi connectivity index (χ2v) is 6.14. The molecular formula is C18H21N3O2S. The number of nitrogens with zero attached hydrogens (tertiary/aromatic N) is 2. The Bertz CT molecular complexity index is 763. The van der Waals surface area contributed by atoms with Gasteiger partial charge < -0.3 is 9.72 Å². The first-order valence-electron chi connectivity index (χ1n) is 8.01. The molecular weight excluding hydrogens is 322 g/mol. The number of nitrogens with one attached hydrogen (secondary N) is 1. The van der Waals surface area contributed by atoms with Crippen LogP contribution in [0.25, 0.3) is 11.3 Å². The molecule has 0 saturated carbocycles. The molecule has 0 atom stereocenters. The van der Waals surface area contributed by atoms with Gasteiger partial charge in [-0.25, -0.2) is 4.98 Å². The van der Waals surface area contributed by atoms with Crippen LogP contribution in [0.3, 0.4) is 0 Å². The summed E-state index contributed by atoms with van der Waals surface area (Å²) in [5.41, 5.74) is 0.746. The highest BCUT2D eigenvalue weighted by atomic mass is 32.2. The van der Waals surface area contributed by atoms with Gasteiger partial charge in [-0.1, -0.05) is 37.9 Å². The van der Waals surface area contributed by atoms with E-state index in [2.05, 4.69) is 16.9 Å². The fraction of sp³-hybridized carbons (Fsp3) is 0.389. The largest absolute Gasteiger partial charge is 0.494 e. The quantitative estimate of drug-likeness (QED) is 0.445. The maximum absolute atomic E-state index is 12.0. The Labute approximate surface area is 146 Å². The molecule has 1 aromatic carbocycles. The van der Waals surface area contributed by atoms with E-state index in [1.54, 1.807) is 0 Å². The minimum absolute atomic E-state index is 0.0287. The third-order valence-electron chi connectivity index (χ3n) is 3.60. The number of thioether (sulfide) groups is 1. The number of benzene rings is 1. The van der Waals surface area contributed by atoms with Gasteiger partial charge >= 0.3 is 0 Å². The van der Waals surface area contributed by atoms with Gasteiger partial charge in [-0.2, -0.15) is 5.26 Å². The lowest BCUT2D eigenvalue weighted by Crippen LogP contribution is -2.14. The number of aromatic amines is 1. The van der Waals surface area contributed by atoms with Gasteiger partial charge in [0, 0.05) is 5.56 Å². The van der Waals surface area contributed by atoms with Crippen LogP contribution in [0.1, 0.15) is 38.2 Å². The third-order valence-corrected chi connectivity index (χ3v) is 4.18. The molecule has 1 heterocycles. The van der Waals surface area contributed by atoms with Crippen molar-refractivity contribution in [3.05, 3.63) is 40.2 Å². The van der Waals surface area contributed by atoms with Crippen molar-refractivity contribution in [1.29, 1.82) is 5.26 Å². The van der Waals surface area contributed by atoms with Crippen molar-refractivity contribution >= 4 is 11.8 Å². The maximum atomic E-state index is 12.0. The molecule has 126 valence electrons. The number of unbranched alkanes of at least 4 members (excludes halogenated alkanes) is 3. The molecule has 0 aliphatic rings. The van der Waals surface area contributed by atoms with Crippen LogP contribution in [0.2, 0.25) is 0 Å². The lowest BCUT2D eigenvalue weighted by Gasteiger charge is -2.08. The minimum Gasteiger partial charge on any atom is -0.494 e. The minimum atomic E-state index is -0.414. The van der Waals surface area contributed by atoms with Crippen molar-refractivity contribution in [3.8, 4) is 23.1 Å². The lowest BCUT2D eigenvalue weighted by molar-refractivity contribution is 0.305. The summed E-state index contributed by atoms with van der Waals surface area (Å²) in [5.74, 6) is 0.781. The first kappa shape index (κ1) is 18.1. The van der Waals surface area contributed by atoms with Crippen LogP contribution in [0.15, 0.2) is 34.2 Å². The van der Waals surface area contributed by atoms with Crippen molar-refractivity contribution < 1.29 is 4.74 Å². The number of aromatic nitrogens is 2. The highest BCUT2D eigenvalue weighted by Crippen LogP contribution is 2.23. The number of nitriles is 1. The molecule has 0 radical (unpaired) electrons. The van der Waals surface area contributed by atoms with E-state index in [1.165, 1.54) is 31.0 Å². The van der Waals surface area contributed by atoms with Gasteiger partial charge in [0.05, 0.1) is 12.3 Å². The SMILES string of the molecule is CCCCCCOc1ccc(-c2nc(SC)[nH]c(=O)c2C#N)cc1. The van der Waals surface area contributed by atoms with E-state index in [-0.39, 0.29) is 5.56 Å². The number of ether oxygens (including phenoxy) is 1. The Morgan fingerprint density at radius 1 is 1.25 bits per heavy atom. The molecule has 24 heavy (non-hydrogen) atoms. The van der Waals surface area contributed by atoms with Gasteiger partial charge in [-0.15, -0.1) is 0 Å². The summed E-state index contributed by atoms with van der Waals surface area (Å²) in [4.78, 5) is 18.9. The molecule has 0 bridgehead atoms. The van der Waals surface area contributed by atoms with Crippen LogP contribution in [0, 0.1) is 11.3 Å². The summed E-state index contributed by atoms with van der Waals surface area (Å²) in [6, 6.07) is 9.28. The summed E-state index contributed by atoms with van der Waals surface area (Å²) in [5, 5.41) is 9.72. The average Bonchev–Trinajstić information content (AvgIpc) is 2.61. The van der Waals surface area contributed by atoms with Gasteiger partial charge in [-0.3, -0.25) is 4.79 Å². The zero-order valence-electron chi connectivity index (χ0n) is 14.0. The average molecular weight is 343 g/mol. The fourth-order valence-corrected chi connectivity index (χ4v) is 2.67. The Kier molecular flexibility index (Phi) is 6.89. The predicted molar refractivity (Wildman–Crippen MR) is 96.4 cm³/mol. The lowest BCUT2D eigenvalue weighted by atomic mass is 10.1. The van der Waals surface area contributed by atoms with E-state index in [1.807, 2.05) is 36.6 Å². The monoisotopic (exact) mass is 343 g/mol. The van der Waals surface area contributed by atoms with E-state index in [9.17, 15) is 10.1 Å². The van der Waals surface area contributed by atoms with Crippen molar-refractivity contribution in [2.24, 2.45) is 0 Å². The topological polar surface area (TPSA) is 78.8 Å². The Morgan fingerprint density at radius 2 is 2.00 bits per heavy atom. The molecule has 0 aliphatic carbocycles. The van der Waals surface area contributed by atoms with Gasteiger partial charge in [0.2, 0.25) is 0 Å². The van der Waals surface area contributed by atoms with E-state index >= 15 is 0 Å². The standard InChI is InChI=1S/C18H21N3O2S/c1-3-4-5-6-11-23-14-9-7-13(8-10-14)16-15(12-19)17(22)21-18(20-16)24-2/h7-10H,3-6,11H2,1-2H3,(H,20,21,22). The Hall–Kier alpha value is -2.26. The molecule has 2 aromatic rings. The van der Waals surface area contributed by atoms with Crippen molar-refractivity contribution in [3.63, 3.8) is 0 Å². The summed E-state index contributed by atoms with van der Waals surface area (Å²) in [6.45, 7) is 2.88. The van der Waals surface area contributed by atoms with Crippen LogP contribution in [-0.2, 0) is 0 Å². The number of H-pyrrole nitrogens is 1. The van der Waals surface area contributed by atoms with Crippen molar-refractivity contribution in [2.45, 2.75) is 37.8 Å². The second-order valence-electron chi connectivity index (χ2n) is 5.34. The summed E-state index contributed by atoms with van der Waals surface area (Å²) in [6.07, 6.45) is 6.47. The molecule has 0 aliphatic heterocycles. The molecule has 2 rings (SSSR count). The Morgan fingerprint density at radius 3 is 2.62 bits per heavy atom. The van der Waals surface area contributed by atoms with Gasteiger partial charge in [0.1, 0.15) is 17.4 Å². The summed E-state index contributed by atoms with van der Waals surface area (Å²) < 4.78 is 5.71. The molecule has 5 nitrogen and oxygen atoms in total. The number of hydrogen-bond acceptors (Lipinski definition) is 5. The van der Waals surface area contributed by atoms with Gasteiger partial charge in [0.15, 0.2) is 5.16 Å². The van der Waals surface area contributed by atoms with Crippen LogP contribution in [0.4, 0.5) is 0 Å². The van der Waals surface area contributed by atoms with Crippen LogP contribution in [-0.4, -0.2) is 22.8 Å². The van der Waals surface area contributed by atoms with Crippen molar-refractivity contribution in [2.75, 3.05) is 12.9 Å². The maximum Gasteiger partial charge on any atom is 0.270 e. The molecule has 0 fully saturated rings. The molecule has 1 N–H and O–H groups in total. The van der Waals surface area contributed by atoms with E-state index in [0.717, 1.165) is 17.7 Å². The summed E-state index contributed by atoms with van der Waals surface area (Å²) in [7, 11) is 0. The molecule has 0 amide bonds. The normalized spacial score (nSPS) is 10.4. The van der Waals surface area contributed by atoms with E-state index in [0.29, 0.717) is 17.5 Å². The first-order chi connectivity index (χ1) is 11.7. The van der Waals surface area contributed by atoms with E-state index in [4.69, 9.17) is 4.74 Å². The molecule has 1 aromatic heterocycles. The zero-order valence-corrected chi connectivity index (χ0v) is 14.8. The first-order valence-corrected chi connectivity index (χ1v) is 9.23. The third kappa shape index (κ3) is 4.62. The number of hydrogen-bond donors (Lipinski definition) is 1. The molecule has 0 unspecified atom stereocenters. The molecule has 0 saturated heterocycles. The summed E-state index contributed by atoms with van der Waals surface area (Å²) >= 11 is 1.33. The molecule has 0 spiro atoms. The smallest absolute Gasteiger partial charge is 0.270 e. The molecule has 6 heteroatoms. The fourth-order valence-electron chi connectivity index (χ4n) is 2.29. The van der Waals surface area contributed by atoms with Gasteiger partial charge in [-0.05, 0) is 36.9 Å². The predicted octanol–water partition coefficient (Wildman–Crippen LogP) is 3.99. The van der Waals surface area contributed by atoms with E-state index < -0.39 is 5.56 Å². The number of rotatable bonds is 8. The van der Waals surface area contributed by atoms with Crippen LogP contribution < -0.4 is 10.3 Å². The van der Waals surface area contributed by atoms with Crippen molar-refractivity contribution in [1.82, 2.24) is 9.97 Å². The zero-order chi connectivity index (χ0) is 17.4. The van der Waals surface area contributed by atoms with Crippen LogP contribution in [0.5, 0.6) is 5.75 Å².